The number of halogens is 2. The van der Waals surface area contributed by atoms with E-state index in [9.17, 15) is 25.6 Å². The third-order valence-electron chi connectivity index (χ3n) is 2.70. The Labute approximate surface area is 115 Å². The van der Waals surface area contributed by atoms with Crippen LogP contribution in [-0.4, -0.2) is 34.4 Å². The van der Waals surface area contributed by atoms with Gasteiger partial charge >= 0.3 is 5.76 Å². The maximum Gasteiger partial charge on any atom is 0.341 e. The molecule has 1 aliphatic heterocycles. The number of para-hydroxylation sites is 1. The Morgan fingerprint density at radius 3 is 2.45 bits per heavy atom. The van der Waals surface area contributed by atoms with Crippen LogP contribution in [0, 0.1) is 0 Å². The molecule has 110 valence electrons. The molecule has 1 N–H and O–H groups in total. The molecule has 0 radical (unpaired) electrons. The van der Waals surface area contributed by atoms with Crippen molar-refractivity contribution in [2.24, 2.45) is 0 Å². The van der Waals surface area contributed by atoms with Gasteiger partial charge < -0.3 is 5.32 Å². The highest BCUT2D eigenvalue weighted by Gasteiger charge is 2.30. The van der Waals surface area contributed by atoms with E-state index in [1.807, 2.05) is 0 Å². The lowest BCUT2D eigenvalue weighted by molar-refractivity contribution is 0.235. The maximum atomic E-state index is 12.6. The number of hydrogen-bond donors (Lipinski definition) is 1. The van der Waals surface area contributed by atoms with Crippen molar-refractivity contribution in [3.63, 3.8) is 0 Å². The quantitative estimate of drug-likeness (QED) is 0.906. The Kier molecular flexibility index (Phi) is 3.83. The van der Waals surface area contributed by atoms with Gasteiger partial charge in [0.1, 0.15) is 0 Å². The number of nitrogens with one attached hydrogen (secondary N) is 1. The number of anilines is 1. The largest absolute Gasteiger partial charge is 0.377 e. The number of rotatable bonds is 4. The second kappa shape index (κ2) is 5.13. The van der Waals surface area contributed by atoms with Gasteiger partial charge in [0.2, 0.25) is 9.84 Å². The predicted molar refractivity (Wildman–Crippen MR) is 70.0 cm³/mol. The Hall–Kier alpha value is -1.48. The third kappa shape index (κ3) is 2.98. The minimum absolute atomic E-state index is 0.0421. The van der Waals surface area contributed by atoms with Crippen LogP contribution in [0.3, 0.4) is 0 Å². The van der Waals surface area contributed by atoms with Crippen molar-refractivity contribution in [3.8, 4) is 0 Å². The van der Waals surface area contributed by atoms with Crippen LogP contribution in [0.25, 0.3) is 0 Å². The molecule has 1 heterocycles. The molecule has 1 aromatic rings. The summed E-state index contributed by atoms with van der Waals surface area (Å²) in [6, 6.07) is 4.51. The number of sulfone groups is 2. The van der Waals surface area contributed by atoms with Crippen molar-refractivity contribution in [3.05, 3.63) is 35.7 Å². The zero-order valence-corrected chi connectivity index (χ0v) is 11.7. The Morgan fingerprint density at radius 2 is 1.90 bits per heavy atom. The molecule has 0 bridgehead atoms. The first kappa shape index (κ1) is 14.9. The van der Waals surface area contributed by atoms with Crippen LogP contribution in [0.5, 0.6) is 0 Å². The van der Waals surface area contributed by atoms with Gasteiger partial charge in [-0.25, -0.2) is 16.8 Å². The number of benzene rings is 1. The van der Waals surface area contributed by atoms with Gasteiger partial charge in [-0.15, -0.1) is 0 Å². The third-order valence-corrected chi connectivity index (χ3v) is 5.53. The molecular weight excluding hydrogens is 312 g/mol. The first-order valence-electron chi connectivity index (χ1n) is 5.51. The highest BCUT2D eigenvalue weighted by molar-refractivity contribution is 7.94. The second-order valence-corrected chi connectivity index (χ2v) is 8.03. The summed E-state index contributed by atoms with van der Waals surface area (Å²) in [4.78, 5) is -0.548. The van der Waals surface area contributed by atoms with Gasteiger partial charge in [-0.2, -0.15) is 8.78 Å². The summed E-state index contributed by atoms with van der Waals surface area (Å²) >= 11 is 0. The van der Waals surface area contributed by atoms with Crippen LogP contribution in [0.15, 0.2) is 40.6 Å². The van der Waals surface area contributed by atoms with Crippen molar-refractivity contribution >= 4 is 25.4 Å². The van der Waals surface area contributed by atoms with Crippen molar-refractivity contribution in [2.45, 2.75) is 16.7 Å². The molecule has 2 rings (SSSR count). The van der Waals surface area contributed by atoms with E-state index in [1.165, 1.54) is 24.3 Å². The summed E-state index contributed by atoms with van der Waals surface area (Å²) in [5, 5.41) is 3.66. The summed E-state index contributed by atoms with van der Waals surface area (Å²) < 4.78 is 70.7. The minimum atomic E-state index is -4.75. The van der Waals surface area contributed by atoms with Gasteiger partial charge in [0.15, 0.2) is 9.84 Å². The average molecular weight is 323 g/mol. The Balaban J connectivity index is 2.33. The van der Waals surface area contributed by atoms with Crippen LogP contribution in [0.4, 0.5) is 14.5 Å². The SMILES string of the molecule is O=S1(=O)C=CC(Nc2ccccc2S(=O)(=O)C(F)F)C1. The topological polar surface area (TPSA) is 80.3 Å². The van der Waals surface area contributed by atoms with Gasteiger partial charge in [-0.1, -0.05) is 18.2 Å². The fourth-order valence-corrected chi connectivity index (χ4v) is 3.92. The minimum Gasteiger partial charge on any atom is -0.377 e. The molecule has 0 saturated carbocycles. The zero-order valence-electron chi connectivity index (χ0n) is 10.0. The molecule has 0 spiro atoms. The van der Waals surface area contributed by atoms with E-state index in [1.54, 1.807) is 0 Å². The van der Waals surface area contributed by atoms with E-state index in [0.29, 0.717) is 0 Å². The summed E-state index contributed by atoms with van der Waals surface area (Å²) in [6.45, 7) is 0. The molecule has 0 aromatic heterocycles. The maximum absolute atomic E-state index is 12.6. The summed E-state index contributed by atoms with van der Waals surface area (Å²) in [7, 11) is -8.07. The number of hydrogen-bond acceptors (Lipinski definition) is 5. The molecular formula is C11H11F2NO4S2. The van der Waals surface area contributed by atoms with E-state index in [4.69, 9.17) is 0 Å². The molecule has 1 aliphatic rings. The molecule has 1 aromatic carbocycles. The van der Waals surface area contributed by atoms with Gasteiger partial charge in [-0.3, -0.25) is 0 Å². The van der Waals surface area contributed by atoms with Crippen molar-refractivity contribution in [1.82, 2.24) is 0 Å². The Morgan fingerprint density at radius 1 is 1.25 bits per heavy atom. The van der Waals surface area contributed by atoms with Crippen molar-refractivity contribution in [1.29, 1.82) is 0 Å². The summed E-state index contributed by atoms with van der Waals surface area (Å²) in [5.41, 5.74) is -0.0421. The second-order valence-electron chi connectivity index (χ2n) is 4.21. The molecule has 0 amide bonds. The van der Waals surface area contributed by atoms with Crippen LogP contribution in [0.1, 0.15) is 0 Å². The fraction of sp³-hybridized carbons (Fsp3) is 0.273. The van der Waals surface area contributed by atoms with Gasteiger partial charge in [-0.05, 0) is 12.1 Å². The predicted octanol–water partition coefficient (Wildman–Crippen LogP) is 1.41. The highest BCUT2D eigenvalue weighted by atomic mass is 32.2. The first-order valence-corrected chi connectivity index (χ1v) is 8.77. The lowest BCUT2D eigenvalue weighted by Gasteiger charge is -2.15. The van der Waals surface area contributed by atoms with E-state index in [2.05, 4.69) is 5.32 Å². The Bertz CT molecular complexity index is 741. The van der Waals surface area contributed by atoms with Crippen LogP contribution >= 0.6 is 0 Å². The molecule has 9 heteroatoms. The first-order chi connectivity index (χ1) is 9.22. The van der Waals surface area contributed by atoms with Crippen molar-refractivity contribution < 1.29 is 25.6 Å². The zero-order chi connectivity index (χ0) is 15.0. The lowest BCUT2D eigenvalue weighted by atomic mass is 10.2. The molecule has 0 aliphatic carbocycles. The van der Waals surface area contributed by atoms with E-state index < -0.39 is 36.4 Å². The van der Waals surface area contributed by atoms with Crippen LogP contribution in [0.2, 0.25) is 0 Å². The van der Waals surface area contributed by atoms with Gasteiger partial charge in [0, 0.05) is 5.41 Å². The molecule has 0 saturated heterocycles. The molecule has 5 nitrogen and oxygen atoms in total. The average Bonchev–Trinajstić information content (AvgIpc) is 2.69. The van der Waals surface area contributed by atoms with Crippen LogP contribution < -0.4 is 5.32 Å². The van der Waals surface area contributed by atoms with Gasteiger partial charge in [0.25, 0.3) is 0 Å². The number of alkyl halides is 2. The van der Waals surface area contributed by atoms with E-state index in [0.717, 1.165) is 11.5 Å². The van der Waals surface area contributed by atoms with Gasteiger partial charge in [0.05, 0.1) is 22.4 Å². The van der Waals surface area contributed by atoms with Crippen LogP contribution in [-0.2, 0) is 19.7 Å². The van der Waals surface area contributed by atoms with Crippen molar-refractivity contribution in [2.75, 3.05) is 11.1 Å². The molecule has 0 fully saturated rings. The summed E-state index contributed by atoms with van der Waals surface area (Å²) in [6.07, 6.45) is 1.35. The van der Waals surface area contributed by atoms with E-state index >= 15 is 0 Å². The molecule has 1 atom stereocenters. The summed E-state index contributed by atoms with van der Waals surface area (Å²) in [5.74, 6) is -3.77. The lowest BCUT2D eigenvalue weighted by Crippen LogP contribution is -2.23. The fourth-order valence-electron chi connectivity index (χ4n) is 1.80. The highest BCUT2D eigenvalue weighted by Crippen LogP contribution is 2.27. The smallest absolute Gasteiger partial charge is 0.341 e. The monoisotopic (exact) mass is 323 g/mol. The molecule has 1 unspecified atom stereocenters. The molecule has 20 heavy (non-hydrogen) atoms. The standard InChI is InChI=1S/C11H11F2NO4S2/c12-11(13)20(17,18)10-4-2-1-3-9(10)14-8-5-6-19(15,16)7-8/h1-6,8,11,14H,7H2. The van der Waals surface area contributed by atoms with E-state index in [-0.39, 0.29) is 11.4 Å². The normalized spacial score (nSPS) is 21.2.